The monoisotopic (exact) mass is 145 g/mol. The van der Waals surface area contributed by atoms with Gasteiger partial charge < -0.3 is 4.90 Å². The zero-order valence-corrected chi connectivity index (χ0v) is 6.65. The van der Waals surface area contributed by atoms with Gasteiger partial charge in [-0.15, -0.1) is 0 Å². The van der Waals surface area contributed by atoms with E-state index in [1.165, 1.54) is 12.8 Å². The number of nitrogens with zero attached hydrogens (tertiary/aromatic N) is 1. The van der Waals surface area contributed by atoms with E-state index in [2.05, 4.69) is 11.8 Å². The molecule has 0 aromatic heterocycles. The van der Waals surface area contributed by atoms with Gasteiger partial charge in [0.2, 0.25) is 0 Å². The van der Waals surface area contributed by atoms with Gasteiger partial charge in [0.05, 0.1) is 0 Å². The molecule has 1 rings (SSSR count). The van der Waals surface area contributed by atoms with Crippen molar-refractivity contribution in [2.24, 2.45) is 5.92 Å². The Hall–Kier alpha value is -0.110. The van der Waals surface area contributed by atoms with Crippen LogP contribution in [0.25, 0.3) is 0 Å². The van der Waals surface area contributed by atoms with Crippen molar-refractivity contribution in [2.45, 2.75) is 19.8 Å². The number of likely N-dealkylation sites (tertiary alicyclic amines) is 1. The van der Waals surface area contributed by atoms with Crippen LogP contribution in [0.3, 0.4) is 0 Å². The van der Waals surface area contributed by atoms with E-state index >= 15 is 0 Å². The van der Waals surface area contributed by atoms with Gasteiger partial charge >= 0.3 is 0 Å². The molecule has 10 heavy (non-hydrogen) atoms. The number of alkyl halides is 1. The van der Waals surface area contributed by atoms with Gasteiger partial charge in [-0.2, -0.15) is 0 Å². The van der Waals surface area contributed by atoms with Gasteiger partial charge in [0, 0.05) is 13.1 Å². The minimum Gasteiger partial charge on any atom is -0.300 e. The molecule has 1 aliphatic heterocycles. The fourth-order valence-corrected chi connectivity index (χ4v) is 1.61. The van der Waals surface area contributed by atoms with Gasteiger partial charge in [-0.25, -0.2) is 4.39 Å². The molecular formula is C8H16FN. The van der Waals surface area contributed by atoms with Crippen LogP contribution < -0.4 is 0 Å². The van der Waals surface area contributed by atoms with E-state index in [0.717, 1.165) is 19.0 Å². The Kier molecular flexibility index (Phi) is 3.13. The molecule has 2 heteroatoms. The minimum atomic E-state index is -0.188. The molecule has 0 radical (unpaired) electrons. The summed E-state index contributed by atoms with van der Waals surface area (Å²) >= 11 is 0. The van der Waals surface area contributed by atoms with Crippen LogP contribution in [0, 0.1) is 5.92 Å². The molecule has 1 nitrogen and oxygen atoms in total. The highest BCUT2D eigenvalue weighted by atomic mass is 19.1. The molecule has 1 saturated heterocycles. The third-order valence-corrected chi connectivity index (χ3v) is 2.14. The summed E-state index contributed by atoms with van der Waals surface area (Å²) in [5.74, 6) is 0.778. The summed E-state index contributed by atoms with van der Waals surface area (Å²) in [5.41, 5.74) is 0. The summed E-state index contributed by atoms with van der Waals surface area (Å²) in [4.78, 5) is 2.22. The molecule has 1 heterocycles. The first-order valence-electron chi connectivity index (χ1n) is 4.11. The second-order valence-electron chi connectivity index (χ2n) is 3.24. The fraction of sp³-hybridized carbons (Fsp3) is 1.00. The van der Waals surface area contributed by atoms with Crippen molar-refractivity contribution >= 4 is 0 Å². The minimum absolute atomic E-state index is 0.188. The molecule has 0 saturated carbocycles. The fourth-order valence-electron chi connectivity index (χ4n) is 1.61. The standard InChI is InChI=1S/C8H16FN/c1-8-3-2-5-10(7-8)6-4-9/h8H,2-7H2,1H3/t8-/m1/s1. The Balaban J connectivity index is 2.18. The number of piperidine rings is 1. The third-order valence-electron chi connectivity index (χ3n) is 2.14. The van der Waals surface area contributed by atoms with Crippen LogP contribution in [-0.2, 0) is 0 Å². The van der Waals surface area contributed by atoms with Gasteiger partial charge in [-0.1, -0.05) is 6.92 Å². The predicted molar refractivity (Wildman–Crippen MR) is 40.8 cm³/mol. The van der Waals surface area contributed by atoms with Crippen LogP contribution in [0.5, 0.6) is 0 Å². The van der Waals surface area contributed by atoms with Gasteiger partial charge in [-0.3, -0.25) is 0 Å². The van der Waals surface area contributed by atoms with E-state index in [-0.39, 0.29) is 6.67 Å². The zero-order valence-electron chi connectivity index (χ0n) is 6.65. The number of hydrogen-bond acceptors (Lipinski definition) is 1. The molecule has 1 aliphatic rings. The average molecular weight is 145 g/mol. The lowest BCUT2D eigenvalue weighted by Crippen LogP contribution is -2.35. The maximum absolute atomic E-state index is 11.9. The Labute approximate surface area is 62.2 Å². The molecule has 0 N–H and O–H groups in total. The van der Waals surface area contributed by atoms with Crippen molar-refractivity contribution < 1.29 is 4.39 Å². The molecule has 1 fully saturated rings. The molecule has 0 aromatic rings. The molecule has 0 spiro atoms. The summed E-state index contributed by atoms with van der Waals surface area (Å²) in [6.07, 6.45) is 2.57. The van der Waals surface area contributed by atoms with Crippen LogP contribution in [0.2, 0.25) is 0 Å². The first-order chi connectivity index (χ1) is 4.83. The highest BCUT2D eigenvalue weighted by Gasteiger charge is 2.14. The van der Waals surface area contributed by atoms with Crippen LogP contribution in [0.4, 0.5) is 4.39 Å². The van der Waals surface area contributed by atoms with Gasteiger partial charge in [0.25, 0.3) is 0 Å². The lowest BCUT2D eigenvalue weighted by molar-refractivity contribution is 0.172. The second kappa shape index (κ2) is 3.91. The Morgan fingerprint density at radius 1 is 1.60 bits per heavy atom. The van der Waals surface area contributed by atoms with Crippen LogP contribution >= 0.6 is 0 Å². The Morgan fingerprint density at radius 2 is 2.40 bits per heavy atom. The van der Waals surface area contributed by atoms with Crippen LogP contribution in [0.1, 0.15) is 19.8 Å². The van der Waals surface area contributed by atoms with E-state index in [0.29, 0.717) is 6.54 Å². The third kappa shape index (κ3) is 2.25. The largest absolute Gasteiger partial charge is 0.300 e. The zero-order chi connectivity index (χ0) is 7.40. The first kappa shape index (κ1) is 7.99. The summed E-state index contributed by atoms with van der Waals surface area (Å²) in [5, 5.41) is 0. The molecule has 0 aliphatic carbocycles. The summed E-state index contributed by atoms with van der Waals surface area (Å²) in [6.45, 7) is 4.90. The lowest BCUT2D eigenvalue weighted by atomic mass is 10.0. The molecule has 0 bridgehead atoms. The maximum Gasteiger partial charge on any atom is 0.102 e. The SMILES string of the molecule is C[C@@H]1CCCN(CCF)C1. The number of halogens is 1. The van der Waals surface area contributed by atoms with Crippen molar-refractivity contribution in [3.8, 4) is 0 Å². The topological polar surface area (TPSA) is 3.24 Å². The molecule has 0 aromatic carbocycles. The van der Waals surface area contributed by atoms with Crippen molar-refractivity contribution in [1.82, 2.24) is 4.90 Å². The van der Waals surface area contributed by atoms with Crippen molar-refractivity contribution in [2.75, 3.05) is 26.3 Å². The van der Waals surface area contributed by atoms with Crippen molar-refractivity contribution in [3.63, 3.8) is 0 Å². The molecule has 60 valence electrons. The highest BCUT2D eigenvalue weighted by molar-refractivity contribution is 4.68. The van der Waals surface area contributed by atoms with E-state index in [9.17, 15) is 4.39 Å². The quantitative estimate of drug-likeness (QED) is 0.571. The van der Waals surface area contributed by atoms with Gasteiger partial charge in [0.15, 0.2) is 0 Å². The molecule has 0 unspecified atom stereocenters. The van der Waals surface area contributed by atoms with E-state index < -0.39 is 0 Å². The summed E-state index contributed by atoms with van der Waals surface area (Å²) in [7, 11) is 0. The van der Waals surface area contributed by atoms with Gasteiger partial charge in [0.1, 0.15) is 6.67 Å². The Bertz CT molecular complexity index is 93.3. The number of hydrogen-bond donors (Lipinski definition) is 0. The second-order valence-corrected chi connectivity index (χ2v) is 3.24. The smallest absolute Gasteiger partial charge is 0.102 e. The van der Waals surface area contributed by atoms with E-state index in [4.69, 9.17) is 0 Å². The lowest BCUT2D eigenvalue weighted by Gasteiger charge is -2.29. The maximum atomic E-state index is 11.9. The number of rotatable bonds is 2. The van der Waals surface area contributed by atoms with Crippen molar-refractivity contribution in [3.05, 3.63) is 0 Å². The van der Waals surface area contributed by atoms with Crippen molar-refractivity contribution in [1.29, 1.82) is 0 Å². The first-order valence-corrected chi connectivity index (χ1v) is 4.11. The molecular weight excluding hydrogens is 129 g/mol. The normalized spacial score (nSPS) is 28.8. The van der Waals surface area contributed by atoms with E-state index in [1.807, 2.05) is 0 Å². The van der Waals surface area contributed by atoms with E-state index in [1.54, 1.807) is 0 Å². The molecule has 1 atom stereocenters. The predicted octanol–water partition coefficient (Wildman–Crippen LogP) is 1.69. The highest BCUT2D eigenvalue weighted by Crippen LogP contribution is 2.14. The van der Waals surface area contributed by atoms with Gasteiger partial charge in [-0.05, 0) is 25.3 Å². The van der Waals surface area contributed by atoms with Crippen LogP contribution in [-0.4, -0.2) is 31.2 Å². The summed E-state index contributed by atoms with van der Waals surface area (Å²) < 4.78 is 11.9. The molecule has 0 amide bonds. The summed E-state index contributed by atoms with van der Waals surface area (Å²) in [6, 6.07) is 0. The Morgan fingerprint density at radius 3 is 3.00 bits per heavy atom. The average Bonchev–Trinajstić information content (AvgIpc) is 1.88. The van der Waals surface area contributed by atoms with Crippen LogP contribution in [0.15, 0.2) is 0 Å².